The van der Waals surface area contributed by atoms with E-state index in [1.807, 2.05) is 6.92 Å². The van der Waals surface area contributed by atoms with Crippen molar-refractivity contribution in [1.82, 2.24) is 10.2 Å². The van der Waals surface area contributed by atoms with Gasteiger partial charge >= 0.3 is 11.8 Å². The number of anilines is 1. The second kappa shape index (κ2) is 7.26. The number of aryl methyl sites for hydroxylation is 1. The van der Waals surface area contributed by atoms with Gasteiger partial charge in [-0.3, -0.25) is 14.4 Å². The lowest BCUT2D eigenvalue weighted by Gasteiger charge is -2.38. The van der Waals surface area contributed by atoms with E-state index in [1.165, 1.54) is 17.0 Å². The second-order valence-electron chi connectivity index (χ2n) is 7.60. The number of likely N-dealkylation sites (tertiary alicyclic amines) is 1. The van der Waals surface area contributed by atoms with Gasteiger partial charge in [-0.05, 0) is 51.0 Å². The fraction of sp³-hybridized carbons (Fsp3) is 0.526. The zero-order valence-corrected chi connectivity index (χ0v) is 15.7. The van der Waals surface area contributed by atoms with Gasteiger partial charge in [0.15, 0.2) is 0 Å². The lowest BCUT2D eigenvalue weighted by atomic mass is 10.00. The first-order valence-corrected chi connectivity index (χ1v) is 8.98. The van der Waals surface area contributed by atoms with Crippen molar-refractivity contribution in [2.45, 2.75) is 38.8 Å². The number of nitrogens with one attached hydrogen (secondary N) is 2. The second-order valence-corrected chi connectivity index (χ2v) is 7.60. The van der Waals surface area contributed by atoms with Crippen molar-refractivity contribution in [3.8, 4) is 0 Å². The molecule has 3 rings (SSSR count). The van der Waals surface area contributed by atoms with Crippen molar-refractivity contribution in [2.24, 2.45) is 5.92 Å². The van der Waals surface area contributed by atoms with Gasteiger partial charge in [0.2, 0.25) is 5.91 Å². The van der Waals surface area contributed by atoms with Crippen molar-refractivity contribution in [3.63, 3.8) is 0 Å². The summed E-state index contributed by atoms with van der Waals surface area (Å²) >= 11 is 0. The SMILES string of the molecule is Cc1cc(NC(=O)C2CCN(C(=O)C(=O)NC3(C)COC3)C2C)ccc1F. The summed E-state index contributed by atoms with van der Waals surface area (Å²) in [5, 5.41) is 5.46. The first-order valence-electron chi connectivity index (χ1n) is 8.98. The molecule has 146 valence electrons. The molecular formula is C19H24FN3O4. The molecule has 1 aromatic carbocycles. The predicted octanol–water partition coefficient (Wildman–Crippen LogP) is 1.21. The van der Waals surface area contributed by atoms with Crippen molar-refractivity contribution < 1.29 is 23.5 Å². The number of amides is 3. The molecule has 2 heterocycles. The zero-order chi connectivity index (χ0) is 19.8. The zero-order valence-electron chi connectivity index (χ0n) is 15.7. The number of halogens is 1. The predicted molar refractivity (Wildman–Crippen MR) is 96.4 cm³/mol. The monoisotopic (exact) mass is 377 g/mol. The van der Waals surface area contributed by atoms with Crippen molar-refractivity contribution >= 4 is 23.4 Å². The molecule has 8 heteroatoms. The van der Waals surface area contributed by atoms with Crippen molar-refractivity contribution in [2.75, 3.05) is 25.1 Å². The van der Waals surface area contributed by atoms with Crippen LogP contribution in [0.5, 0.6) is 0 Å². The minimum absolute atomic E-state index is 0.247. The van der Waals surface area contributed by atoms with Crippen molar-refractivity contribution in [3.05, 3.63) is 29.6 Å². The molecule has 2 aliphatic heterocycles. The molecule has 2 unspecified atom stereocenters. The van der Waals surface area contributed by atoms with E-state index >= 15 is 0 Å². The van der Waals surface area contributed by atoms with Crippen LogP contribution in [0.4, 0.5) is 10.1 Å². The highest BCUT2D eigenvalue weighted by Gasteiger charge is 2.42. The molecule has 2 fully saturated rings. The maximum absolute atomic E-state index is 13.4. The topological polar surface area (TPSA) is 87.7 Å². The number of hydrogen-bond acceptors (Lipinski definition) is 4. The number of carbonyl (C=O) groups is 3. The van der Waals surface area contributed by atoms with E-state index in [0.717, 1.165) is 0 Å². The normalized spacial score (nSPS) is 23.5. The van der Waals surface area contributed by atoms with E-state index in [-0.39, 0.29) is 11.7 Å². The van der Waals surface area contributed by atoms with Gasteiger partial charge in [0.1, 0.15) is 5.82 Å². The average Bonchev–Trinajstić information content (AvgIpc) is 2.97. The quantitative estimate of drug-likeness (QED) is 0.776. The van der Waals surface area contributed by atoms with Crippen LogP contribution in [0.2, 0.25) is 0 Å². The lowest BCUT2D eigenvalue weighted by Crippen LogP contribution is -2.62. The van der Waals surface area contributed by atoms with E-state index in [0.29, 0.717) is 37.4 Å². The molecule has 0 spiro atoms. The molecule has 2 atom stereocenters. The van der Waals surface area contributed by atoms with E-state index in [4.69, 9.17) is 4.74 Å². The van der Waals surface area contributed by atoms with Crippen LogP contribution in [0.1, 0.15) is 25.8 Å². The van der Waals surface area contributed by atoms with Gasteiger partial charge < -0.3 is 20.3 Å². The van der Waals surface area contributed by atoms with Crippen LogP contribution < -0.4 is 10.6 Å². The number of rotatable bonds is 3. The Morgan fingerprint density at radius 2 is 2.00 bits per heavy atom. The summed E-state index contributed by atoms with van der Waals surface area (Å²) in [6, 6.07) is 3.95. The number of ether oxygens (including phenoxy) is 1. The number of hydrogen-bond donors (Lipinski definition) is 2. The highest BCUT2D eigenvalue weighted by atomic mass is 19.1. The number of benzene rings is 1. The van der Waals surface area contributed by atoms with Gasteiger partial charge in [-0.1, -0.05) is 0 Å². The molecule has 0 radical (unpaired) electrons. The van der Waals surface area contributed by atoms with Crippen LogP contribution in [0.25, 0.3) is 0 Å². The number of carbonyl (C=O) groups excluding carboxylic acids is 3. The Labute approximate surface area is 157 Å². The molecule has 2 aliphatic rings. The average molecular weight is 377 g/mol. The highest BCUT2D eigenvalue weighted by molar-refractivity contribution is 6.35. The third-order valence-corrected chi connectivity index (χ3v) is 5.23. The van der Waals surface area contributed by atoms with E-state index in [1.54, 1.807) is 19.9 Å². The minimum Gasteiger partial charge on any atom is -0.376 e. The molecule has 0 bridgehead atoms. The largest absolute Gasteiger partial charge is 0.376 e. The summed E-state index contributed by atoms with van der Waals surface area (Å²) in [6.45, 7) is 6.28. The van der Waals surface area contributed by atoms with Gasteiger partial charge in [0.25, 0.3) is 0 Å². The van der Waals surface area contributed by atoms with Crippen LogP contribution in [0.15, 0.2) is 18.2 Å². The van der Waals surface area contributed by atoms with Crippen LogP contribution in [-0.2, 0) is 19.1 Å². The molecule has 0 aromatic heterocycles. The highest BCUT2D eigenvalue weighted by Crippen LogP contribution is 2.26. The van der Waals surface area contributed by atoms with Gasteiger partial charge in [-0.2, -0.15) is 0 Å². The molecule has 7 nitrogen and oxygen atoms in total. The summed E-state index contributed by atoms with van der Waals surface area (Å²) in [5.74, 6) is -2.33. The third kappa shape index (κ3) is 3.95. The Kier molecular flexibility index (Phi) is 5.19. The van der Waals surface area contributed by atoms with Gasteiger partial charge in [0.05, 0.1) is 24.7 Å². The van der Waals surface area contributed by atoms with Crippen LogP contribution >= 0.6 is 0 Å². The maximum Gasteiger partial charge on any atom is 0.312 e. The molecular weight excluding hydrogens is 353 g/mol. The Balaban J connectivity index is 1.60. The van der Waals surface area contributed by atoms with E-state index < -0.39 is 29.3 Å². The van der Waals surface area contributed by atoms with Crippen molar-refractivity contribution in [1.29, 1.82) is 0 Å². The molecule has 3 amide bonds. The molecule has 0 aliphatic carbocycles. The van der Waals surface area contributed by atoms with Crippen LogP contribution in [0.3, 0.4) is 0 Å². The Hall–Kier alpha value is -2.48. The van der Waals surface area contributed by atoms with Gasteiger partial charge in [-0.15, -0.1) is 0 Å². The summed E-state index contributed by atoms with van der Waals surface area (Å²) in [5.41, 5.74) is 0.438. The molecule has 1 aromatic rings. The van der Waals surface area contributed by atoms with Crippen LogP contribution in [0, 0.1) is 18.7 Å². The summed E-state index contributed by atoms with van der Waals surface area (Å²) in [4.78, 5) is 38.7. The summed E-state index contributed by atoms with van der Waals surface area (Å²) < 4.78 is 18.4. The third-order valence-electron chi connectivity index (χ3n) is 5.23. The van der Waals surface area contributed by atoms with Crippen LogP contribution in [-0.4, -0.2) is 54.0 Å². The molecule has 27 heavy (non-hydrogen) atoms. The summed E-state index contributed by atoms with van der Waals surface area (Å²) in [6.07, 6.45) is 0.465. The lowest BCUT2D eigenvalue weighted by molar-refractivity contribution is -0.151. The smallest absolute Gasteiger partial charge is 0.312 e. The van der Waals surface area contributed by atoms with E-state index in [9.17, 15) is 18.8 Å². The molecule has 0 saturated carbocycles. The fourth-order valence-electron chi connectivity index (χ4n) is 3.47. The van der Waals surface area contributed by atoms with Gasteiger partial charge in [0, 0.05) is 18.3 Å². The Morgan fingerprint density at radius 3 is 2.59 bits per heavy atom. The minimum atomic E-state index is -0.678. The first-order chi connectivity index (χ1) is 12.7. The fourth-order valence-corrected chi connectivity index (χ4v) is 3.47. The summed E-state index contributed by atoms with van der Waals surface area (Å²) in [7, 11) is 0. The molecule has 2 saturated heterocycles. The standard InChI is InChI=1S/C19H24FN3O4/c1-11-8-13(4-5-15(11)20)21-16(24)14-6-7-23(12(14)2)18(26)17(25)22-19(3)9-27-10-19/h4-5,8,12,14H,6-7,9-10H2,1-3H3,(H,21,24)(H,22,25). The Bertz CT molecular complexity index is 778. The Morgan fingerprint density at radius 1 is 1.30 bits per heavy atom. The number of nitrogens with zero attached hydrogens (tertiary/aromatic N) is 1. The first kappa shape index (κ1) is 19.3. The van der Waals surface area contributed by atoms with E-state index in [2.05, 4.69) is 10.6 Å². The molecule has 2 N–H and O–H groups in total. The maximum atomic E-state index is 13.4. The van der Waals surface area contributed by atoms with Gasteiger partial charge in [-0.25, -0.2) is 4.39 Å².